The molecule has 2 aliphatic rings. The van der Waals surface area contributed by atoms with Crippen molar-refractivity contribution < 1.29 is 14.2 Å². The van der Waals surface area contributed by atoms with E-state index in [1.165, 1.54) is 30.4 Å². The normalized spacial score (nSPS) is 28.9. The highest BCUT2D eigenvalue weighted by atomic mass is 16.8. The van der Waals surface area contributed by atoms with Crippen LogP contribution in [0, 0.1) is 6.92 Å². The average Bonchev–Trinajstić information content (AvgIpc) is 2.79. The van der Waals surface area contributed by atoms with E-state index in [0.29, 0.717) is 6.61 Å². The standard InChI is InChI=1S/C17H24O3/c1-13-8-4-5-9-14(13)16-15(12-18-2)19-17(20-16)10-6-3-7-11-17/h4-5,8-9,15-16H,3,6-7,10-12H2,1-2H3. The van der Waals surface area contributed by atoms with Crippen LogP contribution in [0.15, 0.2) is 24.3 Å². The van der Waals surface area contributed by atoms with Crippen LogP contribution >= 0.6 is 0 Å². The Kier molecular flexibility index (Phi) is 4.11. The van der Waals surface area contributed by atoms with Gasteiger partial charge in [-0.1, -0.05) is 30.7 Å². The minimum atomic E-state index is -0.367. The minimum Gasteiger partial charge on any atom is -0.382 e. The van der Waals surface area contributed by atoms with Gasteiger partial charge in [0.15, 0.2) is 5.79 Å². The number of aryl methyl sites for hydroxylation is 1. The number of hydrogen-bond acceptors (Lipinski definition) is 3. The second kappa shape index (κ2) is 5.84. The highest BCUT2D eigenvalue weighted by Crippen LogP contribution is 2.46. The second-order valence-corrected chi connectivity index (χ2v) is 5.98. The van der Waals surface area contributed by atoms with Gasteiger partial charge < -0.3 is 14.2 Å². The number of benzene rings is 1. The Labute approximate surface area is 121 Å². The molecule has 3 heteroatoms. The van der Waals surface area contributed by atoms with Gasteiger partial charge in [-0.15, -0.1) is 0 Å². The fraction of sp³-hybridized carbons (Fsp3) is 0.647. The Morgan fingerprint density at radius 1 is 1.15 bits per heavy atom. The van der Waals surface area contributed by atoms with Crippen molar-refractivity contribution in [1.82, 2.24) is 0 Å². The van der Waals surface area contributed by atoms with Gasteiger partial charge in [-0.3, -0.25) is 0 Å². The van der Waals surface area contributed by atoms with Gasteiger partial charge in [0.25, 0.3) is 0 Å². The molecule has 1 aromatic carbocycles. The molecule has 0 radical (unpaired) electrons. The Morgan fingerprint density at radius 2 is 1.90 bits per heavy atom. The molecule has 1 aliphatic carbocycles. The van der Waals surface area contributed by atoms with Gasteiger partial charge in [0.1, 0.15) is 12.2 Å². The summed E-state index contributed by atoms with van der Waals surface area (Å²) in [4.78, 5) is 0. The highest BCUT2D eigenvalue weighted by molar-refractivity contribution is 5.29. The first-order valence-corrected chi connectivity index (χ1v) is 7.64. The third-order valence-corrected chi connectivity index (χ3v) is 4.49. The summed E-state index contributed by atoms with van der Waals surface area (Å²) in [6.45, 7) is 2.72. The average molecular weight is 276 g/mol. The topological polar surface area (TPSA) is 27.7 Å². The first-order valence-electron chi connectivity index (χ1n) is 7.64. The van der Waals surface area contributed by atoms with Gasteiger partial charge in [-0.2, -0.15) is 0 Å². The molecule has 1 aliphatic heterocycles. The Hall–Kier alpha value is -0.900. The van der Waals surface area contributed by atoms with E-state index < -0.39 is 0 Å². The molecule has 0 bridgehead atoms. The maximum absolute atomic E-state index is 6.42. The third kappa shape index (κ3) is 2.62. The quantitative estimate of drug-likeness (QED) is 0.841. The van der Waals surface area contributed by atoms with Crippen molar-refractivity contribution in [1.29, 1.82) is 0 Å². The molecule has 0 N–H and O–H groups in total. The molecular formula is C17H24O3. The zero-order valence-electron chi connectivity index (χ0n) is 12.4. The molecule has 3 rings (SSSR count). The number of rotatable bonds is 3. The van der Waals surface area contributed by atoms with E-state index in [-0.39, 0.29) is 18.0 Å². The van der Waals surface area contributed by atoms with E-state index in [4.69, 9.17) is 14.2 Å². The van der Waals surface area contributed by atoms with E-state index >= 15 is 0 Å². The van der Waals surface area contributed by atoms with E-state index in [2.05, 4.69) is 31.2 Å². The van der Waals surface area contributed by atoms with Crippen molar-refractivity contribution in [3.8, 4) is 0 Å². The van der Waals surface area contributed by atoms with Gasteiger partial charge in [0.05, 0.1) is 6.61 Å². The van der Waals surface area contributed by atoms with E-state index in [1.807, 2.05) is 0 Å². The maximum Gasteiger partial charge on any atom is 0.169 e. The van der Waals surface area contributed by atoms with E-state index in [1.54, 1.807) is 7.11 Å². The molecule has 0 amide bonds. The molecule has 1 saturated carbocycles. The van der Waals surface area contributed by atoms with Crippen LogP contribution in [0.3, 0.4) is 0 Å². The van der Waals surface area contributed by atoms with Crippen molar-refractivity contribution >= 4 is 0 Å². The lowest BCUT2D eigenvalue weighted by molar-refractivity contribution is -0.197. The molecule has 2 atom stereocenters. The smallest absolute Gasteiger partial charge is 0.169 e. The second-order valence-electron chi connectivity index (χ2n) is 5.98. The molecule has 1 spiro atoms. The van der Waals surface area contributed by atoms with Crippen LogP contribution in [-0.4, -0.2) is 25.6 Å². The SMILES string of the molecule is COCC1OC2(CCCCC2)OC1c1ccccc1C. The summed E-state index contributed by atoms with van der Waals surface area (Å²) in [5, 5.41) is 0. The van der Waals surface area contributed by atoms with Gasteiger partial charge in [-0.05, 0) is 30.9 Å². The van der Waals surface area contributed by atoms with Crippen LogP contribution in [-0.2, 0) is 14.2 Å². The highest BCUT2D eigenvalue weighted by Gasteiger charge is 2.48. The van der Waals surface area contributed by atoms with Crippen LogP contribution in [0.25, 0.3) is 0 Å². The lowest BCUT2D eigenvalue weighted by atomic mass is 9.94. The lowest BCUT2D eigenvalue weighted by Crippen LogP contribution is -2.33. The van der Waals surface area contributed by atoms with Gasteiger partial charge in [0, 0.05) is 20.0 Å². The van der Waals surface area contributed by atoms with E-state index in [0.717, 1.165) is 12.8 Å². The number of ether oxygens (including phenoxy) is 3. The summed E-state index contributed by atoms with van der Waals surface area (Å²) in [5.74, 6) is -0.367. The van der Waals surface area contributed by atoms with Gasteiger partial charge in [-0.25, -0.2) is 0 Å². The van der Waals surface area contributed by atoms with Crippen molar-refractivity contribution in [2.45, 2.75) is 57.0 Å². The van der Waals surface area contributed by atoms with Crippen molar-refractivity contribution in [2.75, 3.05) is 13.7 Å². The first kappa shape index (κ1) is 14.1. The van der Waals surface area contributed by atoms with Crippen molar-refractivity contribution in [3.05, 3.63) is 35.4 Å². The first-order chi connectivity index (χ1) is 9.74. The van der Waals surface area contributed by atoms with Crippen LogP contribution < -0.4 is 0 Å². The largest absolute Gasteiger partial charge is 0.382 e. The zero-order chi connectivity index (χ0) is 14.0. The Bertz CT molecular complexity index is 451. The number of hydrogen-bond donors (Lipinski definition) is 0. The summed E-state index contributed by atoms with van der Waals surface area (Å²) in [6.07, 6.45) is 5.69. The Morgan fingerprint density at radius 3 is 2.60 bits per heavy atom. The molecular weight excluding hydrogens is 252 g/mol. The van der Waals surface area contributed by atoms with Gasteiger partial charge >= 0.3 is 0 Å². The van der Waals surface area contributed by atoms with Crippen molar-refractivity contribution in [2.24, 2.45) is 0 Å². The van der Waals surface area contributed by atoms with Crippen LogP contribution in [0.2, 0.25) is 0 Å². The molecule has 1 heterocycles. The van der Waals surface area contributed by atoms with Crippen LogP contribution in [0.4, 0.5) is 0 Å². The summed E-state index contributed by atoms with van der Waals surface area (Å²) in [5.41, 5.74) is 2.49. The van der Waals surface area contributed by atoms with Crippen molar-refractivity contribution in [3.63, 3.8) is 0 Å². The molecule has 20 heavy (non-hydrogen) atoms. The van der Waals surface area contributed by atoms with E-state index in [9.17, 15) is 0 Å². The molecule has 2 fully saturated rings. The monoisotopic (exact) mass is 276 g/mol. The lowest BCUT2D eigenvalue weighted by Gasteiger charge is -2.32. The molecule has 110 valence electrons. The summed E-state index contributed by atoms with van der Waals surface area (Å²) in [6, 6.07) is 8.42. The summed E-state index contributed by atoms with van der Waals surface area (Å²) < 4.78 is 18.1. The van der Waals surface area contributed by atoms with Crippen LogP contribution in [0.5, 0.6) is 0 Å². The molecule has 2 unspecified atom stereocenters. The summed E-state index contributed by atoms with van der Waals surface area (Å²) in [7, 11) is 1.73. The third-order valence-electron chi connectivity index (χ3n) is 4.49. The predicted molar refractivity (Wildman–Crippen MR) is 77.6 cm³/mol. The maximum atomic E-state index is 6.42. The Balaban J connectivity index is 1.86. The molecule has 0 aromatic heterocycles. The molecule has 1 saturated heterocycles. The molecule has 3 nitrogen and oxygen atoms in total. The fourth-order valence-electron chi connectivity index (χ4n) is 3.45. The zero-order valence-corrected chi connectivity index (χ0v) is 12.4. The van der Waals surface area contributed by atoms with Gasteiger partial charge in [0.2, 0.25) is 0 Å². The number of methoxy groups -OCH3 is 1. The molecule has 1 aromatic rings. The fourth-order valence-corrected chi connectivity index (χ4v) is 3.45. The minimum absolute atomic E-state index is 0.000741. The summed E-state index contributed by atoms with van der Waals surface area (Å²) >= 11 is 0. The van der Waals surface area contributed by atoms with Crippen LogP contribution in [0.1, 0.15) is 49.3 Å². The predicted octanol–water partition coefficient (Wildman–Crippen LogP) is 3.76.